The molecule has 0 fully saturated rings. The molecule has 2 rings (SSSR count). The molecule has 17 heavy (non-hydrogen) atoms. The van der Waals surface area contributed by atoms with Gasteiger partial charge in [0.2, 0.25) is 0 Å². The number of para-hydroxylation sites is 1. The summed E-state index contributed by atoms with van der Waals surface area (Å²) in [7, 11) is 0. The Kier molecular flexibility index (Phi) is 3.55. The summed E-state index contributed by atoms with van der Waals surface area (Å²) in [5.41, 5.74) is 2.93. The first-order valence-corrected chi connectivity index (χ1v) is 5.82. The van der Waals surface area contributed by atoms with Gasteiger partial charge in [0.1, 0.15) is 5.75 Å². The van der Waals surface area contributed by atoms with E-state index in [-0.39, 0.29) is 5.75 Å². The van der Waals surface area contributed by atoms with Crippen molar-refractivity contribution in [3.63, 3.8) is 0 Å². The minimum atomic E-state index is 0.221. The van der Waals surface area contributed by atoms with Crippen LogP contribution in [0.25, 0.3) is 0 Å². The molecule has 0 saturated carbocycles. The van der Waals surface area contributed by atoms with Crippen molar-refractivity contribution in [1.29, 1.82) is 0 Å². The summed E-state index contributed by atoms with van der Waals surface area (Å²) >= 11 is 6.04. The summed E-state index contributed by atoms with van der Waals surface area (Å²) in [6, 6.07) is 13.2. The Morgan fingerprint density at radius 3 is 2.59 bits per heavy atom. The van der Waals surface area contributed by atoms with Gasteiger partial charge < -0.3 is 10.4 Å². The summed E-state index contributed by atoms with van der Waals surface area (Å²) in [5.74, 6) is 0.221. The van der Waals surface area contributed by atoms with E-state index in [1.807, 2.05) is 31.2 Å². The van der Waals surface area contributed by atoms with Crippen molar-refractivity contribution in [2.75, 3.05) is 5.32 Å². The Morgan fingerprint density at radius 1 is 1.12 bits per heavy atom. The third-order valence-electron chi connectivity index (χ3n) is 2.69. The number of nitrogens with one attached hydrogen (secondary N) is 1. The molecule has 0 aliphatic carbocycles. The number of halogens is 1. The number of anilines is 1. The molecule has 0 unspecified atom stereocenters. The number of rotatable bonds is 3. The molecule has 2 N–H and O–H groups in total. The Balaban J connectivity index is 2.16. The highest BCUT2D eigenvalue weighted by Crippen LogP contribution is 2.26. The molecule has 0 saturated heterocycles. The molecule has 0 bridgehead atoms. The van der Waals surface area contributed by atoms with Gasteiger partial charge in [0, 0.05) is 22.8 Å². The largest absolute Gasteiger partial charge is 0.508 e. The summed E-state index contributed by atoms with van der Waals surface area (Å²) in [6.45, 7) is 2.55. The topological polar surface area (TPSA) is 32.3 Å². The molecule has 0 aliphatic rings. The third-order valence-corrected chi connectivity index (χ3v) is 3.05. The first kappa shape index (κ1) is 11.8. The maximum atomic E-state index is 9.71. The van der Waals surface area contributed by atoms with Crippen LogP contribution in [0.4, 0.5) is 5.69 Å². The second kappa shape index (κ2) is 5.11. The monoisotopic (exact) mass is 247 g/mol. The molecule has 0 aromatic heterocycles. The molecule has 0 spiro atoms. The molecule has 0 aliphatic heterocycles. The number of aromatic hydroxyl groups is 1. The third kappa shape index (κ3) is 2.71. The smallest absolute Gasteiger partial charge is 0.122 e. The fraction of sp³-hybridized carbons (Fsp3) is 0.143. The summed E-state index contributed by atoms with van der Waals surface area (Å²) in [6.07, 6.45) is 0. The lowest BCUT2D eigenvalue weighted by Crippen LogP contribution is -2.01. The summed E-state index contributed by atoms with van der Waals surface area (Å²) in [4.78, 5) is 0. The van der Waals surface area contributed by atoms with E-state index >= 15 is 0 Å². The first-order chi connectivity index (χ1) is 8.18. The van der Waals surface area contributed by atoms with Crippen molar-refractivity contribution >= 4 is 17.3 Å². The minimum Gasteiger partial charge on any atom is -0.508 e. The van der Waals surface area contributed by atoms with Gasteiger partial charge in [0.15, 0.2) is 0 Å². The van der Waals surface area contributed by atoms with E-state index in [1.54, 1.807) is 18.2 Å². The van der Waals surface area contributed by atoms with Crippen LogP contribution in [-0.2, 0) is 6.54 Å². The van der Waals surface area contributed by atoms with Crippen LogP contribution in [0.15, 0.2) is 42.5 Å². The molecular formula is C14H14ClNO. The van der Waals surface area contributed by atoms with Gasteiger partial charge in [-0.1, -0.05) is 35.9 Å². The molecule has 0 amide bonds. The molecule has 88 valence electrons. The first-order valence-electron chi connectivity index (χ1n) is 5.44. The van der Waals surface area contributed by atoms with Crippen LogP contribution in [0.5, 0.6) is 5.75 Å². The van der Waals surface area contributed by atoms with E-state index in [4.69, 9.17) is 11.6 Å². The molecule has 3 heteroatoms. The van der Waals surface area contributed by atoms with Crippen LogP contribution in [0.2, 0.25) is 5.02 Å². The van der Waals surface area contributed by atoms with Crippen molar-refractivity contribution in [2.45, 2.75) is 13.5 Å². The number of hydrogen-bond donors (Lipinski definition) is 2. The van der Waals surface area contributed by atoms with E-state index in [9.17, 15) is 5.11 Å². The van der Waals surface area contributed by atoms with E-state index in [0.29, 0.717) is 11.6 Å². The van der Waals surface area contributed by atoms with Gasteiger partial charge in [-0.2, -0.15) is 0 Å². The van der Waals surface area contributed by atoms with Gasteiger partial charge in [0.25, 0.3) is 0 Å². The highest BCUT2D eigenvalue weighted by molar-refractivity contribution is 6.31. The molecule has 2 aromatic rings. The van der Waals surface area contributed by atoms with Crippen LogP contribution < -0.4 is 5.32 Å². The second-order valence-electron chi connectivity index (χ2n) is 3.91. The molecule has 0 atom stereocenters. The fourth-order valence-electron chi connectivity index (χ4n) is 1.68. The van der Waals surface area contributed by atoms with Crippen molar-refractivity contribution in [3.8, 4) is 5.75 Å². The Bertz CT molecular complexity index is 505. The Labute approximate surface area is 106 Å². The number of phenolic OH excluding ortho intramolecular Hbond substituents is 1. The SMILES string of the molecule is Cc1ccccc1NCc1c(O)cccc1Cl. The standard InChI is InChI=1S/C14H14ClNO/c1-10-5-2-3-7-13(10)16-9-11-12(15)6-4-8-14(11)17/h2-8,16-17H,9H2,1H3. The van der Waals surface area contributed by atoms with Gasteiger partial charge in [-0.15, -0.1) is 0 Å². The van der Waals surface area contributed by atoms with Crippen LogP contribution >= 0.6 is 11.6 Å². The van der Waals surface area contributed by atoms with E-state index in [1.165, 1.54) is 5.56 Å². The number of aryl methyl sites for hydroxylation is 1. The maximum absolute atomic E-state index is 9.71. The second-order valence-corrected chi connectivity index (χ2v) is 4.31. The molecule has 2 aromatic carbocycles. The highest BCUT2D eigenvalue weighted by Gasteiger charge is 2.06. The van der Waals surface area contributed by atoms with Gasteiger partial charge in [0.05, 0.1) is 0 Å². The van der Waals surface area contributed by atoms with Gasteiger partial charge in [-0.05, 0) is 30.7 Å². The van der Waals surface area contributed by atoms with Gasteiger partial charge >= 0.3 is 0 Å². The average Bonchev–Trinajstić information content (AvgIpc) is 2.30. The predicted octanol–water partition coefficient (Wildman–Crippen LogP) is 3.97. The average molecular weight is 248 g/mol. The quantitative estimate of drug-likeness (QED) is 0.860. The van der Waals surface area contributed by atoms with Crippen LogP contribution in [0.3, 0.4) is 0 Å². The lowest BCUT2D eigenvalue weighted by molar-refractivity contribution is 0.469. The van der Waals surface area contributed by atoms with E-state index in [0.717, 1.165) is 11.3 Å². The molecular weight excluding hydrogens is 234 g/mol. The predicted molar refractivity (Wildman–Crippen MR) is 71.6 cm³/mol. The van der Waals surface area contributed by atoms with E-state index < -0.39 is 0 Å². The minimum absolute atomic E-state index is 0.221. The lowest BCUT2D eigenvalue weighted by Gasteiger charge is -2.11. The number of phenols is 1. The number of hydrogen-bond acceptors (Lipinski definition) is 2. The fourth-order valence-corrected chi connectivity index (χ4v) is 1.91. The van der Waals surface area contributed by atoms with Crippen LogP contribution in [0, 0.1) is 6.92 Å². The van der Waals surface area contributed by atoms with Crippen molar-refractivity contribution in [1.82, 2.24) is 0 Å². The molecule has 2 nitrogen and oxygen atoms in total. The highest BCUT2D eigenvalue weighted by atomic mass is 35.5. The normalized spacial score (nSPS) is 10.2. The summed E-state index contributed by atoms with van der Waals surface area (Å²) in [5, 5.41) is 13.6. The zero-order valence-corrected chi connectivity index (χ0v) is 10.3. The Morgan fingerprint density at radius 2 is 1.88 bits per heavy atom. The molecule has 0 radical (unpaired) electrons. The lowest BCUT2D eigenvalue weighted by atomic mass is 10.1. The van der Waals surface area contributed by atoms with Crippen molar-refractivity contribution in [2.24, 2.45) is 0 Å². The van der Waals surface area contributed by atoms with Crippen LogP contribution in [-0.4, -0.2) is 5.11 Å². The zero-order chi connectivity index (χ0) is 12.3. The summed E-state index contributed by atoms with van der Waals surface area (Å²) < 4.78 is 0. The Hall–Kier alpha value is -1.67. The zero-order valence-electron chi connectivity index (χ0n) is 9.57. The van der Waals surface area contributed by atoms with Gasteiger partial charge in [-0.3, -0.25) is 0 Å². The number of benzene rings is 2. The van der Waals surface area contributed by atoms with E-state index in [2.05, 4.69) is 5.32 Å². The van der Waals surface area contributed by atoms with Gasteiger partial charge in [-0.25, -0.2) is 0 Å². The maximum Gasteiger partial charge on any atom is 0.122 e. The molecule has 0 heterocycles. The van der Waals surface area contributed by atoms with Crippen molar-refractivity contribution in [3.05, 3.63) is 58.6 Å². The van der Waals surface area contributed by atoms with Crippen LogP contribution in [0.1, 0.15) is 11.1 Å². The van der Waals surface area contributed by atoms with Crippen molar-refractivity contribution < 1.29 is 5.11 Å².